The molecule has 2 nitrogen and oxygen atoms in total. The van der Waals surface area contributed by atoms with Crippen molar-refractivity contribution in [2.24, 2.45) is 0 Å². The lowest BCUT2D eigenvalue weighted by Crippen LogP contribution is -2.42. The first kappa shape index (κ1) is 12.0. The molecule has 84 valence electrons. The van der Waals surface area contributed by atoms with Gasteiger partial charge < -0.3 is 10.2 Å². The summed E-state index contributed by atoms with van der Waals surface area (Å²) >= 11 is 0. The van der Waals surface area contributed by atoms with Crippen molar-refractivity contribution < 1.29 is 0 Å². The van der Waals surface area contributed by atoms with Crippen molar-refractivity contribution in [1.29, 1.82) is 0 Å². The Labute approximate surface area is 89.1 Å². The Morgan fingerprint density at radius 1 is 1.29 bits per heavy atom. The molecule has 1 heterocycles. The lowest BCUT2D eigenvalue weighted by molar-refractivity contribution is 0.223. The summed E-state index contributed by atoms with van der Waals surface area (Å²) in [6.45, 7) is 9.65. The van der Waals surface area contributed by atoms with Gasteiger partial charge >= 0.3 is 0 Å². The standard InChI is InChI=1S/C12H26N2/c1-3-4-6-9-14-10-7-5-8-13-12(2)11-14/h12-13H,3-11H2,1-2H3. The van der Waals surface area contributed by atoms with Gasteiger partial charge in [-0.2, -0.15) is 0 Å². The third kappa shape index (κ3) is 4.97. The molecule has 1 aliphatic rings. The fourth-order valence-corrected chi connectivity index (χ4v) is 2.14. The van der Waals surface area contributed by atoms with E-state index in [-0.39, 0.29) is 0 Å². The molecule has 0 radical (unpaired) electrons. The summed E-state index contributed by atoms with van der Waals surface area (Å²) in [5, 5.41) is 3.56. The molecule has 0 saturated carbocycles. The maximum Gasteiger partial charge on any atom is 0.0166 e. The highest BCUT2D eigenvalue weighted by Crippen LogP contribution is 2.04. The van der Waals surface area contributed by atoms with Gasteiger partial charge in [0.05, 0.1) is 0 Å². The van der Waals surface area contributed by atoms with Gasteiger partial charge in [0.1, 0.15) is 0 Å². The number of unbranched alkanes of at least 4 members (excludes halogenated alkanes) is 2. The van der Waals surface area contributed by atoms with Gasteiger partial charge in [-0.3, -0.25) is 0 Å². The van der Waals surface area contributed by atoms with Crippen molar-refractivity contribution in [1.82, 2.24) is 10.2 Å². The van der Waals surface area contributed by atoms with Crippen LogP contribution in [-0.2, 0) is 0 Å². The summed E-state index contributed by atoms with van der Waals surface area (Å²) in [6.07, 6.45) is 6.81. The van der Waals surface area contributed by atoms with E-state index in [4.69, 9.17) is 0 Å². The quantitative estimate of drug-likeness (QED) is 0.697. The van der Waals surface area contributed by atoms with E-state index in [0.29, 0.717) is 6.04 Å². The van der Waals surface area contributed by atoms with Crippen LogP contribution in [0.4, 0.5) is 0 Å². The van der Waals surface area contributed by atoms with E-state index in [1.807, 2.05) is 0 Å². The predicted octanol–water partition coefficient (Wildman–Crippen LogP) is 2.25. The van der Waals surface area contributed by atoms with Gasteiger partial charge in [-0.25, -0.2) is 0 Å². The molecular weight excluding hydrogens is 172 g/mol. The second-order valence-corrected chi connectivity index (χ2v) is 4.57. The van der Waals surface area contributed by atoms with Crippen LogP contribution in [0.5, 0.6) is 0 Å². The van der Waals surface area contributed by atoms with Crippen molar-refractivity contribution >= 4 is 0 Å². The number of hydrogen-bond acceptors (Lipinski definition) is 2. The molecule has 0 aromatic rings. The van der Waals surface area contributed by atoms with Crippen molar-refractivity contribution in [2.75, 3.05) is 26.2 Å². The molecule has 2 heteroatoms. The average molecular weight is 198 g/mol. The van der Waals surface area contributed by atoms with Gasteiger partial charge in [-0.15, -0.1) is 0 Å². The zero-order valence-corrected chi connectivity index (χ0v) is 9.89. The van der Waals surface area contributed by atoms with Gasteiger partial charge in [0, 0.05) is 12.6 Å². The number of nitrogens with zero attached hydrogens (tertiary/aromatic N) is 1. The van der Waals surface area contributed by atoms with Gasteiger partial charge in [0.15, 0.2) is 0 Å². The first-order valence-electron chi connectivity index (χ1n) is 6.28. The lowest BCUT2D eigenvalue weighted by atomic mass is 10.1. The second kappa shape index (κ2) is 7.24. The van der Waals surface area contributed by atoms with Crippen LogP contribution in [0.25, 0.3) is 0 Å². The summed E-state index contributed by atoms with van der Waals surface area (Å²) < 4.78 is 0. The molecule has 0 aromatic carbocycles. The summed E-state index contributed by atoms with van der Waals surface area (Å²) in [4.78, 5) is 2.63. The van der Waals surface area contributed by atoms with E-state index in [0.717, 1.165) is 0 Å². The van der Waals surface area contributed by atoms with E-state index in [1.165, 1.54) is 58.3 Å². The monoisotopic (exact) mass is 198 g/mol. The van der Waals surface area contributed by atoms with Crippen LogP contribution >= 0.6 is 0 Å². The zero-order chi connectivity index (χ0) is 10.2. The molecular formula is C12H26N2. The number of nitrogens with one attached hydrogen (secondary N) is 1. The Morgan fingerprint density at radius 3 is 2.93 bits per heavy atom. The normalized spacial score (nSPS) is 25.7. The largest absolute Gasteiger partial charge is 0.313 e. The molecule has 1 N–H and O–H groups in total. The van der Waals surface area contributed by atoms with E-state index < -0.39 is 0 Å². The zero-order valence-electron chi connectivity index (χ0n) is 9.89. The molecule has 0 aromatic heterocycles. The number of hydrogen-bond donors (Lipinski definition) is 1. The molecule has 1 aliphatic heterocycles. The minimum Gasteiger partial charge on any atom is -0.313 e. The minimum absolute atomic E-state index is 0.678. The molecule has 1 unspecified atom stereocenters. The smallest absolute Gasteiger partial charge is 0.0166 e. The fourth-order valence-electron chi connectivity index (χ4n) is 2.14. The Kier molecular flexibility index (Phi) is 6.20. The first-order valence-corrected chi connectivity index (χ1v) is 6.28. The van der Waals surface area contributed by atoms with E-state index >= 15 is 0 Å². The molecule has 1 saturated heterocycles. The predicted molar refractivity (Wildman–Crippen MR) is 62.7 cm³/mol. The van der Waals surface area contributed by atoms with Crippen molar-refractivity contribution in [3.8, 4) is 0 Å². The number of rotatable bonds is 4. The molecule has 14 heavy (non-hydrogen) atoms. The molecule has 0 spiro atoms. The molecule has 0 amide bonds. The Hall–Kier alpha value is -0.0800. The van der Waals surface area contributed by atoms with E-state index in [2.05, 4.69) is 24.1 Å². The minimum atomic E-state index is 0.678. The molecule has 1 fully saturated rings. The first-order chi connectivity index (χ1) is 6.83. The van der Waals surface area contributed by atoms with Crippen LogP contribution < -0.4 is 5.32 Å². The van der Waals surface area contributed by atoms with Crippen LogP contribution in [0.1, 0.15) is 46.0 Å². The summed E-state index contributed by atoms with van der Waals surface area (Å²) in [6, 6.07) is 0.678. The SMILES string of the molecule is CCCCCN1CCCCNC(C)C1. The summed E-state index contributed by atoms with van der Waals surface area (Å²) in [5.74, 6) is 0. The highest BCUT2D eigenvalue weighted by Gasteiger charge is 2.11. The third-order valence-electron chi connectivity index (χ3n) is 3.00. The second-order valence-electron chi connectivity index (χ2n) is 4.57. The maximum atomic E-state index is 3.56. The maximum absolute atomic E-state index is 3.56. The summed E-state index contributed by atoms with van der Waals surface area (Å²) in [7, 11) is 0. The van der Waals surface area contributed by atoms with Crippen LogP contribution in [0, 0.1) is 0 Å². The van der Waals surface area contributed by atoms with Crippen LogP contribution in [0.3, 0.4) is 0 Å². The van der Waals surface area contributed by atoms with Gasteiger partial charge in [-0.05, 0) is 45.8 Å². The van der Waals surface area contributed by atoms with Crippen LogP contribution in [-0.4, -0.2) is 37.1 Å². The summed E-state index contributed by atoms with van der Waals surface area (Å²) in [5.41, 5.74) is 0. The molecule has 1 atom stereocenters. The third-order valence-corrected chi connectivity index (χ3v) is 3.00. The van der Waals surface area contributed by atoms with Crippen molar-refractivity contribution in [3.63, 3.8) is 0 Å². The van der Waals surface area contributed by atoms with Crippen LogP contribution in [0.2, 0.25) is 0 Å². The fraction of sp³-hybridized carbons (Fsp3) is 1.00. The van der Waals surface area contributed by atoms with Gasteiger partial charge in [0.2, 0.25) is 0 Å². The molecule has 1 rings (SSSR count). The molecule has 0 aliphatic carbocycles. The Morgan fingerprint density at radius 2 is 2.14 bits per heavy atom. The lowest BCUT2D eigenvalue weighted by Gasteiger charge is -2.28. The Balaban J connectivity index is 2.18. The van der Waals surface area contributed by atoms with Crippen LogP contribution in [0.15, 0.2) is 0 Å². The average Bonchev–Trinajstić information content (AvgIpc) is 2.13. The highest BCUT2D eigenvalue weighted by atomic mass is 15.1. The van der Waals surface area contributed by atoms with E-state index in [1.54, 1.807) is 0 Å². The van der Waals surface area contributed by atoms with E-state index in [9.17, 15) is 0 Å². The Bertz CT molecular complexity index is 136. The van der Waals surface area contributed by atoms with Gasteiger partial charge in [-0.1, -0.05) is 19.8 Å². The topological polar surface area (TPSA) is 15.3 Å². The molecule has 0 bridgehead atoms. The van der Waals surface area contributed by atoms with Crippen molar-refractivity contribution in [3.05, 3.63) is 0 Å². The van der Waals surface area contributed by atoms with Crippen molar-refractivity contribution in [2.45, 2.75) is 52.0 Å². The van der Waals surface area contributed by atoms with Gasteiger partial charge in [0.25, 0.3) is 0 Å². The highest BCUT2D eigenvalue weighted by molar-refractivity contribution is 4.71.